The summed E-state index contributed by atoms with van der Waals surface area (Å²) in [5.41, 5.74) is 4.53. The zero-order valence-corrected chi connectivity index (χ0v) is 15.5. The number of oxazole rings is 1. The summed E-state index contributed by atoms with van der Waals surface area (Å²) in [4.78, 5) is 20.1. The minimum atomic E-state index is 0.166. The molecule has 5 nitrogen and oxygen atoms in total. The Kier molecular flexibility index (Phi) is 5.03. The van der Waals surface area contributed by atoms with Crippen LogP contribution in [0.25, 0.3) is 22.6 Å². The minimum Gasteiger partial charge on any atom is -0.445 e. The zero-order valence-electron chi connectivity index (χ0n) is 15.5. The van der Waals surface area contributed by atoms with Gasteiger partial charge in [0.2, 0.25) is 11.8 Å². The molecule has 1 fully saturated rings. The average molecular weight is 361 g/mol. The maximum atomic E-state index is 11.5. The van der Waals surface area contributed by atoms with E-state index in [1.807, 2.05) is 23.1 Å². The molecule has 0 bridgehead atoms. The number of hydrogen-bond donors (Lipinski definition) is 0. The molecule has 0 radical (unpaired) electrons. The third-order valence-electron chi connectivity index (χ3n) is 5.05. The Morgan fingerprint density at radius 3 is 2.52 bits per heavy atom. The Hall–Kier alpha value is -2.92. The first-order chi connectivity index (χ1) is 13.2. The van der Waals surface area contributed by atoms with Gasteiger partial charge in [-0.2, -0.15) is 0 Å². The zero-order chi connectivity index (χ0) is 18.6. The molecule has 1 aliphatic rings. The summed E-state index contributed by atoms with van der Waals surface area (Å²) in [5, 5.41) is 0. The number of carbonyl (C=O) groups is 1. The predicted molar refractivity (Wildman–Crippen MR) is 105 cm³/mol. The lowest BCUT2D eigenvalue weighted by Gasteiger charge is -2.34. The second kappa shape index (κ2) is 7.76. The van der Waals surface area contributed by atoms with Crippen molar-refractivity contribution in [3.05, 3.63) is 66.6 Å². The van der Waals surface area contributed by atoms with E-state index in [9.17, 15) is 4.79 Å². The van der Waals surface area contributed by atoms with E-state index in [0.717, 1.165) is 49.4 Å². The molecule has 1 saturated heterocycles. The molecule has 0 N–H and O–H groups in total. The molecule has 2 aromatic carbocycles. The van der Waals surface area contributed by atoms with Crippen molar-refractivity contribution in [2.75, 3.05) is 26.2 Å². The molecule has 2 heterocycles. The highest BCUT2D eigenvalue weighted by Gasteiger charge is 2.18. The molecule has 1 aromatic heterocycles. The summed E-state index contributed by atoms with van der Waals surface area (Å²) >= 11 is 0. The van der Waals surface area contributed by atoms with Crippen molar-refractivity contribution in [1.29, 1.82) is 0 Å². The number of rotatable bonds is 4. The first kappa shape index (κ1) is 17.5. The molecular formula is C22H23N3O2. The summed E-state index contributed by atoms with van der Waals surface area (Å²) < 4.78 is 5.51. The van der Waals surface area contributed by atoms with E-state index >= 15 is 0 Å². The second-order valence-electron chi connectivity index (χ2n) is 6.87. The molecule has 0 unspecified atom stereocenters. The molecule has 1 aliphatic heterocycles. The van der Waals surface area contributed by atoms with Crippen molar-refractivity contribution in [3.8, 4) is 22.6 Å². The van der Waals surface area contributed by atoms with Gasteiger partial charge in [-0.15, -0.1) is 0 Å². The van der Waals surface area contributed by atoms with Crippen LogP contribution in [0.1, 0.15) is 12.5 Å². The first-order valence-corrected chi connectivity index (χ1v) is 9.27. The summed E-state index contributed by atoms with van der Waals surface area (Å²) in [6.45, 7) is 5.97. The van der Waals surface area contributed by atoms with Crippen LogP contribution in [-0.4, -0.2) is 46.9 Å². The summed E-state index contributed by atoms with van der Waals surface area (Å²) in [6, 6.07) is 16.8. The molecule has 0 spiro atoms. The number of hydrogen-bond acceptors (Lipinski definition) is 4. The van der Waals surface area contributed by atoms with E-state index in [1.54, 1.807) is 19.4 Å². The first-order valence-electron chi connectivity index (χ1n) is 9.27. The molecular weight excluding hydrogens is 338 g/mol. The van der Waals surface area contributed by atoms with Crippen LogP contribution >= 0.6 is 0 Å². The molecule has 4 rings (SSSR count). The number of amides is 1. The van der Waals surface area contributed by atoms with Gasteiger partial charge in [-0.05, 0) is 28.8 Å². The highest BCUT2D eigenvalue weighted by molar-refractivity contribution is 5.80. The van der Waals surface area contributed by atoms with Gasteiger partial charge in [0.15, 0.2) is 0 Å². The van der Waals surface area contributed by atoms with Gasteiger partial charge in [-0.3, -0.25) is 9.69 Å². The molecule has 0 aliphatic carbocycles. The van der Waals surface area contributed by atoms with Crippen LogP contribution in [-0.2, 0) is 11.3 Å². The predicted octanol–water partition coefficient (Wildman–Crippen LogP) is 3.67. The van der Waals surface area contributed by atoms with Gasteiger partial charge in [-0.1, -0.05) is 36.4 Å². The van der Waals surface area contributed by atoms with Crippen LogP contribution in [0.2, 0.25) is 0 Å². The lowest BCUT2D eigenvalue weighted by molar-refractivity contribution is -0.130. The topological polar surface area (TPSA) is 49.6 Å². The average Bonchev–Trinajstić information content (AvgIpc) is 3.23. The van der Waals surface area contributed by atoms with Crippen molar-refractivity contribution in [1.82, 2.24) is 14.8 Å². The number of nitrogens with zero attached hydrogens (tertiary/aromatic N) is 3. The Bertz CT molecular complexity index is 913. The van der Waals surface area contributed by atoms with Crippen LogP contribution in [0.15, 0.2) is 65.4 Å². The van der Waals surface area contributed by atoms with Crippen molar-refractivity contribution < 1.29 is 9.21 Å². The van der Waals surface area contributed by atoms with Crippen molar-refractivity contribution in [2.24, 2.45) is 0 Å². The third-order valence-corrected chi connectivity index (χ3v) is 5.05. The van der Waals surface area contributed by atoms with E-state index in [4.69, 9.17) is 4.42 Å². The van der Waals surface area contributed by atoms with Gasteiger partial charge in [-0.25, -0.2) is 4.98 Å². The highest BCUT2D eigenvalue weighted by atomic mass is 16.3. The number of piperazine rings is 1. The van der Waals surface area contributed by atoms with Gasteiger partial charge in [0.25, 0.3) is 0 Å². The maximum absolute atomic E-state index is 11.5. The molecule has 1 amide bonds. The van der Waals surface area contributed by atoms with Crippen molar-refractivity contribution in [2.45, 2.75) is 13.5 Å². The van der Waals surface area contributed by atoms with E-state index in [0.29, 0.717) is 5.89 Å². The quantitative estimate of drug-likeness (QED) is 0.711. The van der Waals surface area contributed by atoms with Crippen LogP contribution in [0, 0.1) is 0 Å². The fourth-order valence-corrected chi connectivity index (χ4v) is 3.59. The smallest absolute Gasteiger partial charge is 0.226 e. The minimum absolute atomic E-state index is 0.166. The largest absolute Gasteiger partial charge is 0.445 e. The molecule has 3 aromatic rings. The van der Waals surface area contributed by atoms with Gasteiger partial charge in [0, 0.05) is 45.2 Å². The third kappa shape index (κ3) is 3.93. The van der Waals surface area contributed by atoms with Gasteiger partial charge in [0.05, 0.1) is 6.20 Å². The van der Waals surface area contributed by atoms with Crippen molar-refractivity contribution in [3.63, 3.8) is 0 Å². The second-order valence-corrected chi connectivity index (χ2v) is 6.87. The monoisotopic (exact) mass is 361 g/mol. The standard InChI is InChI=1S/C22H23N3O2/c1-17(26)25-12-10-24(11-13-25)16-18-5-4-6-19(15-18)20-7-2-3-8-21(20)22-23-9-14-27-22/h2-9,14-15H,10-13,16H2,1H3. The van der Waals surface area contributed by atoms with Crippen LogP contribution in [0.4, 0.5) is 0 Å². The Morgan fingerprint density at radius 2 is 1.81 bits per heavy atom. The number of benzene rings is 2. The molecule has 27 heavy (non-hydrogen) atoms. The lowest BCUT2D eigenvalue weighted by Crippen LogP contribution is -2.47. The van der Waals surface area contributed by atoms with E-state index < -0.39 is 0 Å². The highest BCUT2D eigenvalue weighted by Crippen LogP contribution is 2.31. The lowest BCUT2D eigenvalue weighted by atomic mass is 9.98. The molecule has 0 atom stereocenters. The van der Waals surface area contributed by atoms with Gasteiger partial charge >= 0.3 is 0 Å². The summed E-state index contributed by atoms with van der Waals surface area (Å²) in [6.07, 6.45) is 3.27. The molecule has 5 heteroatoms. The Morgan fingerprint density at radius 1 is 1.04 bits per heavy atom. The maximum Gasteiger partial charge on any atom is 0.226 e. The van der Waals surface area contributed by atoms with E-state index in [-0.39, 0.29) is 5.91 Å². The Balaban J connectivity index is 1.53. The van der Waals surface area contributed by atoms with Crippen LogP contribution in [0.5, 0.6) is 0 Å². The summed E-state index contributed by atoms with van der Waals surface area (Å²) in [5.74, 6) is 0.802. The number of aromatic nitrogens is 1. The van der Waals surface area contributed by atoms with Crippen LogP contribution < -0.4 is 0 Å². The summed E-state index contributed by atoms with van der Waals surface area (Å²) in [7, 11) is 0. The van der Waals surface area contributed by atoms with Gasteiger partial charge in [0.1, 0.15) is 6.26 Å². The van der Waals surface area contributed by atoms with Crippen molar-refractivity contribution >= 4 is 5.91 Å². The molecule has 0 saturated carbocycles. The SMILES string of the molecule is CC(=O)N1CCN(Cc2cccc(-c3ccccc3-c3ncco3)c2)CC1. The Labute approximate surface area is 159 Å². The fraction of sp³-hybridized carbons (Fsp3) is 0.273. The fourth-order valence-electron chi connectivity index (χ4n) is 3.59. The van der Waals surface area contributed by atoms with E-state index in [2.05, 4.69) is 40.2 Å². The number of carbonyl (C=O) groups excluding carboxylic acids is 1. The normalized spacial score (nSPS) is 15.1. The van der Waals surface area contributed by atoms with E-state index in [1.165, 1.54) is 5.56 Å². The van der Waals surface area contributed by atoms with Crippen LogP contribution in [0.3, 0.4) is 0 Å². The molecule has 138 valence electrons. The van der Waals surface area contributed by atoms with Gasteiger partial charge < -0.3 is 9.32 Å².